The summed E-state index contributed by atoms with van der Waals surface area (Å²) in [6.45, 7) is 4.93. The molecule has 0 aliphatic heterocycles. The van der Waals surface area contributed by atoms with Gasteiger partial charge in [-0.1, -0.05) is 50.2 Å². The van der Waals surface area contributed by atoms with E-state index in [0.29, 0.717) is 23.8 Å². The molecule has 0 fully saturated rings. The van der Waals surface area contributed by atoms with E-state index in [4.69, 9.17) is 17.0 Å². The number of benzene rings is 3. The summed E-state index contributed by atoms with van der Waals surface area (Å²) in [5, 5.41) is 8.30. The van der Waals surface area contributed by atoms with Crippen LogP contribution in [0.5, 0.6) is 5.75 Å². The molecule has 0 radical (unpaired) electrons. The van der Waals surface area contributed by atoms with Gasteiger partial charge in [-0.05, 0) is 65.7 Å². The van der Waals surface area contributed by atoms with E-state index in [9.17, 15) is 4.79 Å². The summed E-state index contributed by atoms with van der Waals surface area (Å²) >= 11 is 5.29. The lowest BCUT2D eigenvalue weighted by atomic mass is 10.1. The van der Waals surface area contributed by atoms with Gasteiger partial charge in [0.1, 0.15) is 5.75 Å². The Morgan fingerprint density at radius 2 is 1.79 bits per heavy atom. The van der Waals surface area contributed by atoms with Crippen molar-refractivity contribution in [2.45, 2.75) is 20.3 Å². The molecule has 0 atom stereocenters. The third kappa shape index (κ3) is 5.54. The lowest BCUT2D eigenvalue weighted by molar-refractivity contribution is 0.0977. The van der Waals surface area contributed by atoms with Crippen LogP contribution in [0, 0.1) is 5.92 Å². The van der Waals surface area contributed by atoms with Gasteiger partial charge in [-0.25, -0.2) is 0 Å². The average molecular weight is 393 g/mol. The zero-order valence-corrected chi connectivity index (χ0v) is 16.9. The van der Waals surface area contributed by atoms with E-state index in [1.165, 1.54) is 0 Å². The predicted molar refractivity (Wildman–Crippen MR) is 119 cm³/mol. The Morgan fingerprint density at radius 1 is 1.00 bits per heavy atom. The largest absolute Gasteiger partial charge is 0.494 e. The van der Waals surface area contributed by atoms with Crippen LogP contribution < -0.4 is 15.4 Å². The van der Waals surface area contributed by atoms with Gasteiger partial charge in [-0.3, -0.25) is 10.1 Å². The maximum Gasteiger partial charge on any atom is 0.257 e. The lowest BCUT2D eigenvalue weighted by Crippen LogP contribution is -2.34. The monoisotopic (exact) mass is 392 g/mol. The van der Waals surface area contributed by atoms with Crippen molar-refractivity contribution in [3.05, 3.63) is 72.3 Å². The van der Waals surface area contributed by atoms with Gasteiger partial charge in [0.25, 0.3) is 5.91 Å². The van der Waals surface area contributed by atoms with Crippen molar-refractivity contribution >= 4 is 39.7 Å². The van der Waals surface area contributed by atoms with Crippen LogP contribution in [0.2, 0.25) is 0 Å². The van der Waals surface area contributed by atoms with E-state index in [2.05, 4.69) is 30.5 Å². The Labute approximate surface area is 170 Å². The number of amides is 1. The minimum atomic E-state index is -0.271. The SMILES string of the molecule is CC(C)CCOc1cccc(C(=O)NC(=S)Nc2ccc3ccccc3c2)c1. The summed E-state index contributed by atoms with van der Waals surface area (Å²) in [4.78, 5) is 12.5. The first-order valence-corrected chi connectivity index (χ1v) is 9.76. The number of fused-ring (bicyclic) bond motifs is 1. The van der Waals surface area contributed by atoms with Crippen LogP contribution in [0.4, 0.5) is 5.69 Å². The molecule has 144 valence electrons. The normalized spacial score (nSPS) is 10.7. The maximum absolute atomic E-state index is 12.5. The molecule has 1 amide bonds. The topological polar surface area (TPSA) is 50.4 Å². The van der Waals surface area contributed by atoms with Crippen molar-refractivity contribution in [3.63, 3.8) is 0 Å². The quantitative estimate of drug-likeness (QED) is 0.552. The molecule has 0 saturated heterocycles. The van der Waals surface area contributed by atoms with Crippen molar-refractivity contribution in [2.24, 2.45) is 5.92 Å². The molecule has 0 saturated carbocycles. The van der Waals surface area contributed by atoms with Crippen molar-refractivity contribution in [2.75, 3.05) is 11.9 Å². The molecular weight excluding hydrogens is 368 g/mol. The number of thiocarbonyl (C=S) groups is 1. The fourth-order valence-electron chi connectivity index (χ4n) is 2.74. The van der Waals surface area contributed by atoms with Gasteiger partial charge in [0.2, 0.25) is 0 Å². The molecule has 3 aromatic rings. The highest BCUT2D eigenvalue weighted by molar-refractivity contribution is 7.80. The van der Waals surface area contributed by atoms with Crippen molar-refractivity contribution in [3.8, 4) is 5.75 Å². The van der Waals surface area contributed by atoms with Crippen molar-refractivity contribution in [1.29, 1.82) is 0 Å². The van der Waals surface area contributed by atoms with Crippen LogP contribution in [0.3, 0.4) is 0 Å². The van der Waals surface area contributed by atoms with E-state index >= 15 is 0 Å². The number of anilines is 1. The minimum absolute atomic E-state index is 0.256. The Balaban J connectivity index is 1.59. The fraction of sp³-hybridized carbons (Fsp3) is 0.217. The molecule has 0 heterocycles. The van der Waals surface area contributed by atoms with Crippen LogP contribution in [0.15, 0.2) is 66.7 Å². The van der Waals surface area contributed by atoms with Crippen LogP contribution in [0.25, 0.3) is 10.8 Å². The molecule has 28 heavy (non-hydrogen) atoms. The molecule has 0 aromatic heterocycles. The molecule has 0 aliphatic carbocycles. The molecule has 2 N–H and O–H groups in total. The highest BCUT2D eigenvalue weighted by Gasteiger charge is 2.09. The standard InChI is InChI=1S/C23H24N2O2S/c1-16(2)12-13-27-21-9-5-8-19(15-21)22(26)25-23(28)24-20-11-10-17-6-3-4-7-18(17)14-20/h3-11,14-16H,12-13H2,1-2H3,(H2,24,25,26,28). The smallest absolute Gasteiger partial charge is 0.257 e. The van der Waals surface area contributed by atoms with E-state index in [-0.39, 0.29) is 11.0 Å². The number of hydrogen-bond donors (Lipinski definition) is 2. The Bertz CT molecular complexity index is 985. The summed E-state index contributed by atoms with van der Waals surface area (Å²) < 4.78 is 5.72. The highest BCUT2D eigenvalue weighted by atomic mass is 32.1. The lowest BCUT2D eigenvalue weighted by Gasteiger charge is -2.12. The van der Waals surface area contributed by atoms with Crippen LogP contribution >= 0.6 is 12.2 Å². The second kappa shape index (κ2) is 9.33. The van der Waals surface area contributed by atoms with Gasteiger partial charge in [0.05, 0.1) is 6.61 Å². The minimum Gasteiger partial charge on any atom is -0.494 e. The fourth-order valence-corrected chi connectivity index (χ4v) is 2.95. The summed E-state index contributed by atoms with van der Waals surface area (Å²) in [6, 6.07) is 21.1. The van der Waals surface area contributed by atoms with Gasteiger partial charge in [0.15, 0.2) is 5.11 Å². The van der Waals surface area contributed by atoms with Gasteiger partial charge >= 0.3 is 0 Å². The van der Waals surface area contributed by atoms with Gasteiger partial charge in [0, 0.05) is 11.3 Å². The third-order valence-corrected chi connectivity index (χ3v) is 4.50. The molecule has 0 spiro atoms. The number of carbonyl (C=O) groups is 1. The molecular formula is C23H24N2O2S. The second-order valence-corrected chi connectivity index (χ2v) is 7.44. The summed E-state index contributed by atoms with van der Waals surface area (Å²) in [6.07, 6.45) is 0.968. The van der Waals surface area contributed by atoms with E-state index in [1.807, 2.05) is 42.5 Å². The third-order valence-electron chi connectivity index (χ3n) is 4.29. The highest BCUT2D eigenvalue weighted by Crippen LogP contribution is 2.19. The summed E-state index contributed by atoms with van der Waals surface area (Å²) in [5.41, 5.74) is 1.33. The van der Waals surface area contributed by atoms with Crippen LogP contribution in [0.1, 0.15) is 30.6 Å². The molecule has 4 nitrogen and oxygen atoms in total. The second-order valence-electron chi connectivity index (χ2n) is 7.03. The zero-order chi connectivity index (χ0) is 19.9. The van der Waals surface area contributed by atoms with Crippen molar-refractivity contribution in [1.82, 2.24) is 5.32 Å². The number of carbonyl (C=O) groups excluding carboxylic acids is 1. The van der Waals surface area contributed by atoms with Gasteiger partial charge < -0.3 is 10.1 Å². The average Bonchev–Trinajstić information content (AvgIpc) is 2.67. The number of hydrogen-bond acceptors (Lipinski definition) is 3. The zero-order valence-electron chi connectivity index (χ0n) is 16.1. The molecule has 5 heteroatoms. The van der Waals surface area contributed by atoms with Crippen LogP contribution in [-0.4, -0.2) is 17.6 Å². The summed E-state index contributed by atoms with van der Waals surface area (Å²) in [7, 11) is 0. The van der Waals surface area contributed by atoms with E-state index < -0.39 is 0 Å². The maximum atomic E-state index is 12.5. The first-order chi connectivity index (χ1) is 13.5. The molecule has 3 rings (SSSR count). The first-order valence-electron chi connectivity index (χ1n) is 9.35. The Hall–Kier alpha value is -2.92. The number of rotatable bonds is 6. The number of nitrogens with one attached hydrogen (secondary N) is 2. The Kier molecular flexibility index (Phi) is 6.61. The first kappa shape index (κ1) is 19.8. The predicted octanol–water partition coefficient (Wildman–Crippen LogP) is 5.39. The molecule has 3 aromatic carbocycles. The Morgan fingerprint density at radius 3 is 2.57 bits per heavy atom. The van der Waals surface area contributed by atoms with Crippen molar-refractivity contribution < 1.29 is 9.53 Å². The summed E-state index contributed by atoms with van der Waals surface area (Å²) in [5.74, 6) is 0.986. The van der Waals surface area contributed by atoms with E-state index in [1.54, 1.807) is 18.2 Å². The van der Waals surface area contributed by atoms with Gasteiger partial charge in [-0.15, -0.1) is 0 Å². The number of ether oxygens (including phenoxy) is 1. The molecule has 0 bridgehead atoms. The van der Waals surface area contributed by atoms with Crippen LogP contribution in [-0.2, 0) is 0 Å². The van der Waals surface area contributed by atoms with Gasteiger partial charge in [-0.2, -0.15) is 0 Å². The van der Waals surface area contributed by atoms with E-state index in [0.717, 1.165) is 22.9 Å². The molecule has 0 aliphatic rings. The molecule has 0 unspecified atom stereocenters.